The molecule has 42 heteroatoms. The molecular weight excluding hydrogens is 1740 g/mol. The molecule has 0 aliphatic carbocycles. The van der Waals surface area contributed by atoms with Gasteiger partial charge < -0.3 is 121 Å². The maximum absolute atomic E-state index is 14.9. The number of aromatic nitrogens is 2. The molecule has 13 amide bonds. The first-order valence-electron chi connectivity index (χ1n) is 43.3. The number of nitrogens with zero attached hydrogens (tertiary/aromatic N) is 3. The number of nitrogens with one attached hydrogen (secondary N) is 14. The van der Waals surface area contributed by atoms with Crippen LogP contribution in [0.1, 0.15) is 144 Å². The van der Waals surface area contributed by atoms with Gasteiger partial charge in [-0.3, -0.25) is 48.1 Å². The normalized spacial score (nSPS) is 12.2. The summed E-state index contributed by atoms with van der Waals surface area (Å²) in [6.45, 7) is 0.673. The second-order valence-electron chi connectivity index (χ2n) is 29.8. The number of amides is 13. The van der Waals surface area contributed by atoms with Crippen LogP contribution in [0, 0.1) is 0 Å². The number of unbranched alkanes of at least 4 members (excludes halogenated alkanes) is 4. The molecule has 706 valence electrons. The molecule has 0 aliphatic rings. The number of benzene rings is 4. The van der Waals surface area contributed by atoms with E-state index in [1.54, 1.807) is 108 Å². The third kappa shape index (κ3) is 46.4. The number of alkyl carbamates (subject to hydrolysis) is 4. The summed E-state index contributed by atoms with van der Waals surface area (Å²) in [6.07, 6.45) is 4.90. The number of hydrogen-bond donors (Lipinski definition) is 18. The largest absolute Gasteiger partial charge is 0.445 e. The first kappa shape index (κ1) is 108. The second kappa shape index (κ2) is 65.0. The zero-order valence-corrected chi connectivity index (χ0v) is 75.4. The van der Waals surface area contributed by atoms with Gasteiger partial charge in [0.25, 0.3) is 0 Å². The average Bonchev–Trinajstić information content (AvgIpc) is 1.52. The van der Waals surface area contributed by atoms with Crippen molar-refractivity contribution in [2.24, 2.45) is 22.9 Å². The molecule has 38 nitrogen and oxygen atoms in total. The first-order chi connectivity index (χ1) is 61.9. The lowest BCUT2D eigenvalue weighted by Crippen LogP contribution is -2.50. The van der Waals surface area contributed by atoms with Crippen LogP contribution in [0.2, 0.25) is 20.1 Å². The molecule has 5 rings (SSSR count). The number of ether oxygens (including phenoxy) is 4. The molecule has 5 aromatic rings. The fraction of sp³-hybridized carbons (Fsp3) is 0.535. The van der Waals surface area contributed by atoms with Crippen molar-refractivity contribution in [3.05, 3.63) is 158 Å². The van der Waals surface area contributed by atoms with Crippen LogP contribution in [0.4, 0.5) is 19.2 Å². The summed E-state index contributed by atoms with van der Waals surface area (Å²) in [6, 6.07) is 22.2. The van der Waals surface area contributed by atoms with Crippen molar-refractivity contribution in [1.29, 1.82) is 0 Å². The van der Waals surface area contributed by atoms with Crippen LogP contribution in [0.5, 0.6) is 0 Å². The zero-order chi connectivity index (χ0) is 92.9. The Kier molecular flexibility index (Phi) is 54.7. The van der Waals surface area contributed by atoms with E-state index in [-0.39, 0.29) is 182 Å². The van der Waals surface area contributed by atoms with Gasteiger partial charge in [-0.15, -0.1) is 0 Å². The van der Waals surface area contributed by atoms with Gasteiger partial charge in [0.15, 0.2) is 0 Å². The molecule has 0 radical (unpaired) electrons. The summed E-state index contributed by atoms with van der Waals surface area (Å²) >= 11 is 25.0. The number of imidazole rings is 1. The maximum Gasteiger partial charge on any atom is 0.408 e. The summed E-state index contributed by atoms with van der Waals surface area (Å²) in [4.78, 5) is 187. The van der Waals surface area contributed by atoms with Gasteiger partial charge in [0.1, 0.15) is 50.6 Å². The minimum Gasteiger partial charge on any atom is -0.445 e. The van der Waals surface area contributed by atoms with Crippen LogP contribution in [-0.4, -0.2) is 245 Å². The van der Waals surface area contributed by atoms with Crippen molar-refractivity contribution in [3.8, 4) is 0 Å². The van der Waals surface area contributed by atoms with E-state index in [0.717, 1.165) is 0 Å². The minimum absolute atomic E-state index is 0.0226. The molecule has 22 N–H and O–H groups in total. The summed E-state index contributed by atoms with van der Waals surface area (Å²) in [7, 11) is 0. The Bertz CT molecular complexity index is 3980. The molecule has 0 saturated heterocycles. The molecule has 0 saturated carbocycles. The number of aromatic amines is 1. The molecule has 128 heavy (non-hydrogen) atoms. The van der Waals surface area contributed by atoms with Crippen molar-refractivity contribution in [1.82, 2.24) is 88.9 Å². The summed E-state index contributed by atoms with van der Waals surface area (Å²) in [5, 5.41) is 37.3. The number of carbonyl (C=O) groups excluding carboxylic acids is 13. The van der Waals surface area contributed by atoms with E-state index in [0.29, 0.717) is 132 Å². The van der Waals surface area contributed by atoms with Gasteiger partial charge in [0.2, 0.25) is 53.2 Å². The van der Waals surface area contributed by atoms with Crippen LogP contribution >= 0.6 is 46.4 Å². The van der Waals surface area contributed by atoms with Crippen molar-refractivity contribution in [2.75, 3.05) is 118 Å². The standard InChI is InChI=1S/C86H127Cl4N21O17/c87-65-22-5-1-18-60(65)55-125-83(121)106-69(26-9-13-36-91)78(116)101-45-41-96-74(112)32-50-110(51-33-75(113)97-42-46-102-79(117)70(27-10-14-37-92)107-84(122)126-56-61-19-2-6-23-66(61)88)49-17-30-73(82(120)100-40-31-64-54-95-59-105-64)111(52-34-76(114)98-43-47-103-80(118)71(28-11-15-38-93)108-85(123)127-57-62-20-3-7-24-67(62)89)53-35-77(115)99-44-48-104-81(119)72(29-12-16-39-94)109-86(124)128-58-63-21-4-8-25-68(63)90/h1-8,18-25,54,59,69-73H,9-17,26-53,55-58,91-94H2,(H,95,105)(H,96,112)(H,97,113)(H,98,114)(H,99,115)(H,100,120)(H,101,116)(H,102,117)(H,103,118)(H,104,119)(H,106,121)(H,107,122)(H,108,123)(H,109,124)/t69-,70-,71-,72-,73-/m0/s1. The van der Waals surface area contributed by atoms with Crippen molar-refractivity contribution in [3.63, 3.8) is 0 Å². The second-order valence-corrected chi connectivity index (χ2v) is 31.4. The minimum atomic E-state index is -1.05. The molecular formula is C86H127Cl4N21O17. The molecule has 0 bridgehead atoms. The Morgan fingerprint density at radius 1 is 0.336 bits per heavy atom. The molecule has 1 aromatic heterocycles. The highest BCUT2D eigenvalue weighted by molar-refractivity contribution is 6.32. The van der Waals surface area contributed by atoms with Crippen molar-refractivity contribution >= 4 is 124 Å². The van der Waals surface area contributed by atoms with E-state index in [9.17, 15) is 62.3 Å². The van der Waals surface area contributed by atoms with E-state index >= 15 is 0 Å². The van der Waals surface area contributed by atoms with Gasteiger partial charge in [0, 0.05) is 166 Å². The highest BCUT2D eigenvalue weighted by Crippen LogP contribution is 2.21. The van der Waals surface area contributed by atoms with Gasteiger partial charge in [-0.05, 0) is 147 Å². The lowest BCUT2D eigenvalue weighted by molar-refractivity contribution is -0.129. The molecule has 4 aromatic carbocycles. The van der Waals surface area contributed by atoms with Crippen molar-refractivity contribution < 1.29 is 81.3 Å². The molecule has 0 spiro atoms. The maximum atomic E-state index is 14.9. The number of halogens is 4. The summed E-state index contributed by atoms with van der Waals surface area (Å²) in [5.74, 6) is -4.48. The number of carbonyl (C=O) groups is 13. The van der Waals surface area contributed by atoms with Crippen molar-refractivity contribution in [2.45, 2.75) is 179 Å². The van der Waals surface area contributed by atoms with Gasteiger partial charge in [0.05, 0.1) is 18.1 Å². The third-order valence-corrected chi connectivity index (χ3v) is 21.4. The lowest BCUT2D eigenvalue weighted by atomic mass is 10.1. The highest BCUT2D eigenvalue weighted by atomic mass is 35.5. The smallest absolute Gasteiger partial charge is 0.408 e. The molecule has 0 fully saturated rings. The Hall–Kier alpha value is -10.7. The fourth-order valence-electron chi connectivity index (χ4n) is 12.8. The van der Waals surface area contributed by atoms with Crippen LogP contribution in [0.25, 0.3) is 0 Å². The van der Waals surface area contributed by atoms with E-state index in [1.807, 2.05) is 4.90 Å². The number of rotatable bonds is 65. The SMILES string of the molecule is NCCCC[C@H](NC(=O)OCc1ccccc1Cl)C(=O)NCCNC(=O)CCN(CCC[C@@H](C(=O)NCCc1c[nH]cn1)N(CCC(=O)NCCNC(=O)[C@H](CCCCN)NC(=O)OCc1ccccc1Cl)CCC(=O)NCCNC(=O)[C@H](CCCCN)NC(=O)OCc1ccccc1Cl)CCC(=O)NCCNC(=O)[C@H](CCCCN)NC(=O)OCc1ccccc1Cl. The first-order valence-corrected chi connectivity index (χ1v) is 44.8. The molecule has 0 aliphatic heterocycles. The highest BCUT2D eigenvalue weighted by Gasteiger charge is 2.30. The monoisotopic (exact) mass is 1870 g/mol. The fourth-order valence-corrected chi connectivity index (χ4v) is 13.6. The number of H-pyrrole nitrogens is 1. The molecule has 1 heterocycles. The summed E-state index contributed by atoms with van der Waals surface area (Å²) < 4.78 is 21.5. The predicted molar refractivity (Wildman–Crippen MR) is 485 cm³/mol. The van der Waals surface area contributed by atoms with Crippen LogP contribution < -0.4 is 92.1 Å². The van der Waals surface area contributed by atoms with E-state index < -0.39 is 108 Å². The van der Waals surface area contributed by atoms with Gasteiger partial charge in [-0.2, -0.15) is 0 Å². The van der Waals surface area contributed by atoms with E-state index in [2.05, 4.69) is 79.1 Å². The van der Waals surface area contributed by atoms with Gasteiger partial charge >= 0.3 is 24.4 Å². The Morgan fingerprint density at radius 2 is 0.617 bits per heavy atom. The van der Waals surface area contributed by atoms with Crippen LogP contribution in [-0.2, 0) is 94.9 Å². The average molecular weight is 1870 g/mol. The van der Waals surface area contributed by atoms with E-state index in [4.69, 9.17) is 88.3 Å². The van der Waals surface area contributed by atoms with Gasteiger partial charge in [-0.25, -0.2) is 24.2 Å². The van der Waals surface area contributed by atoms with Gasteiger partial charge in [-0.1, -0.05) is 119 Å². The quantitative estimate of drug-likeness (QED) is 0.0186. The third-order valence-electron chi connectivity index (χ3n) is 20.0. The van der Waals surface area contributed by atoms with E-state index in [1.165, 1.54) is 6.33 Å². The lowest BCUT2D eigenvalue weighted by Gasteiger charge is -2.31. The number of nitrogens with two attached hydrogens (primary N) is 4. The van der Waals surface area contributed by atoms with Crippen LogP contribution in [0.3, 0.4) is 0 Å². The Labute approximate surface area is 766 Å². The predicted octanol–water partition coefficient (Wildman–Crippen LogP) is 4.62. The topological polar surface area (TPSA) is 554 Å². The summed E-state index contributed by atoms with van der Waals surface area (Å²) in [5.41, 5.74) is 25.9. The molecule has 5 atom stereocenters. The number of hydrogen-bond acceptors (Lipinski definition) is 24. The Morgan fingerprint density at radius 3 is 0.898 bits per heavy atom. The van der Waals surface area contributed by atoms with Crippen LogP contribution in [0.15, 0.2) is 110 Å². The zero-order valence-electron chi connectivity index (χ0n) is 72.4. The molecule has 0 unspecified atom stereocenters. The Balaban J connectivity index is 1.34.